The van der Waals surface area contributed by atoms with Gasteiger partial charge in [0.25, 0.3) is 0 Å². The van der Waals surface area contributed by atoms with E-state index in [9.17, 15) is 4.79 Å². The minimum Gasteiger partial charge on any atom is -0.462 e. The van der Waals surface area contributed by atoms with E-state index in [4.69, 9.17) is 4.74 Å². The van der Waals surface area contributed by atoms with Gasteiger partial charge >= 0.3 is 5.97 Å². The molecule has 1 aromatic carbocycles. The number of esters is 1. The fraction of sp³-hybridized carbons (Fsp3) is 0.154. The maximum Gasteiger partial charge on any atom is 0.345 e. The number of benzene rings is 1. The van der Waals surface area contributed by atoms with E-state index in [1.165, 1.54) is 0 Å². The van der Waals surface area contributed by atoms with Gasteiger partial charge < -0.3 is 4.74 Å². The van der Waals surface area contributed by atoms with E-state index in [1.807, 2.05) is 36.4 Å². The summed E-state index contributed by atoms with van der Waals surface area (Å²) in [5.74, 6) is -0.347. The Kier molecular flexibility index (Phi) is 5.57. The Morgan fingerprint density at radius 3 is 2.69 bits per heavy atom. The lowest BCUT2D eigenvalue weighted by atomic mass is 10.2. The van der Waals surface area contributed by atoms with E-state index in [2.05, 4.69) is 15.9 Å². The molecular formula is C13H13BrO2. The summed E-state index contributed by atoms with van der Waals surface area (Å²) < 4.78 is 5.24. The minimum absolute atomic E-state index is 0.347. The number of allylic oxidation sites excluding steroid dienone is 2. The van der Waals surface area contributed by atoms with E-state index in [0.717, 1.165) is 5.56 Å². The number of ether oxygens (including phenoxy) is 1. The molecule has 3 heteroatoms. The van der Waals surface area contributed by atoms with Crippen LogP contribution in [0, 0.1) is 0 Å². The van der Waals surface area contributed by atoms with E-state index < -0.39 is 0 Å². The third kappa shape index (κ3) is 4.45. The van der Waals surface area contributed by atoms with Gasteiger partial charge in [0.05, 0.1) is 6.61 Å². The quantitative estimate of drug-likeness (QED) is 0.479. The molecule has 0 N–H and O–H groups in total. The Morgan fingerprint density at radius 2 is 2.06 bits per heavy atom. The van der Waals surface area contributed by atoms with Crippen molar-refractivity contribution >= 4 is 28.0 Å². The predicted molar refractivity (Wildman–Crippen MR) is 69.1 cm³/mol. The van der Waals surface area contributed by atoms with Gasteiger partial charge in [-0.05, 0) is 34.5 Å². The molecule has 0 radical (unpaired) electrons. The molecule has 0 amide bonds. The summed E-state index contributed by atoms with van der Waals surface area (Å²) in [6.45, 7) is 2.15. The molecule has 1 aromatic rings. The highest BCUT2D eigenvalue weighted by atomic mass is 79.9. The number of hydrogen-bond acceptors (Lipinski definition) is 2. The van der Waals surface area contributed by atoms with Crippen LogP contribution >= 0.6 is 15.9 Å². The molecule has 0 aliphatic heterocycles. The molecule has 0 saturated carbocycles. The second-order valence-corrected chi connectivity index (χ2v) is 3.86. The lowest BCUT2D eigenvalue weighted by Gasteiger charge is -1.97. The normalized spacial score (nSPS) is 11.8. The molecule has 0 atom stereocenters. The Bertz CT molecular complexity index is 394. The molecule has 0 aliphatic carbocycles. The van der Waals surface area contributed by atoms with Gasteiger partial charge in [-0.2, -0.15) is 0 Å². The molecule has 0 fully saturated rings. The van der Waals surface area contributed by atoms with Crippen molar-refractivity contribution in [2.24, 2.45) is 0 Å². The summed E-state index contributed by atoms with van der Waals surface area (Å²) in [7, 11) is 0. The molecule has 16 heavy (non-hydrogen) atoms. The lowest BCUT2D eigenvalue weighted by Crippen LogP contribution is -2.02. The van der Waals surface area contributed by atoms with Gasteiger partial charge in [-0.25, -0.2) is 4.79 Å². The van der Waals surface area contributed by atoms with Gasteiger partial charge in [0.2, 0.25) is 0 Å². The number of hydrogen-bond donors (Lipinski definition) is 0. The highest BCUT2D eigenvalue weighted by Gasteiger charge is 2.03. The van der Waals surface area contributed by atoms with Crippen LogP contribution < -0.4 is 0 Å². The zero-order valence-electron chi connectivity index (χ0n) is 9.02. The second kappa shape index (κ2) is 7.01. The predicted octanol–water partition coefficient (Wildman–Crippen LogP) is 3.54. The van der Waals surface area contributed by atoms with Gasteiger partial charge in [0.1, 0.15) is 4.48 Å². The number of rotatable bonds is 4. The molecule has 0 heterocycles. The van der Waals surface area contributed by atoms with Gasteiger partial charge in [-0.1, -0.05) is 42.5 Å². The SMILES string of the molecule is CCOC(=O)/C(Br)=C\C=C\c1ccccc1. The third-order valence-corrected chi connectivity index (χ3v) is 2.39. The molecule has 0 aromatic heterocycles. The summed E-state index contributed by atoms with van der Waals surface area (Å²) in [6.07, 6.45) is 5.39. The molecule has 0 aliphatic rings. The molecule has 0 saturated heterocycles. The summed E-state index contributed by atoms with van der Waals surface area (Å²) in [4.78, 5) is 11.2. The molecular weight excluding hydrogens is 268 g/mol. The van der Waals surface area contributed by atoms with Crippen molar-refractivity contribution in [1.29, 1.82) is 0 Å². The van der Waals surface area contributed by atoms with Crippen molar-refractivity contribution in [2.45, 2.75) is 6.92 Å². The monoisotopic (exact) mass is 280 g/mol. The first-order valence-corrected chi connectivity index (χ1v) is 5.79. The van der Waals surface area contributed by atoms with Crippen LogP contribution in [0.4, 0.5) is 0 Å². The van der Waals surface area contributed by atoms with Gasteiger partial charge in [-0.15, -0.1) is 0 Å². The van der Waals surface area contributed by atoms with Crippen LogP contribution in [0.25, 0.3) is 6.08 Å². The fourth-order valence-corrected chi connectivity index (χ4v) is 1.34. The minimum atomic E-state index is -0.347. The molecule has 0 bridgehead atoms. The zero-order chi connectivity index (χ0) is 11.8. The number of halogens is 1. The Balaban J connectivity index is 2.59. The molecule has 1 rings (SSSR count). The average Bonchev–Trinajstić information content (AvgIpc) is 2.30. The molecule has 0 unspecified atom stereocenters. The highest BCUT2D eigenvalue weighted by molar-refractivity contribution is 9.12. The molecule has 84 valence electrons. The number of carbonyl (C=O) groups excluding carboxylic acids is 1. The van der Waals surface area contributed by atoms with Crippen molar-refractivity contribution in [3.8, 4) is 0 Å². The molecule has 2 nitrogen and oxygen atoms in total. The maximum atomic E-state index is 11.2. The first-order chi connectivity index (χ1) is 7.74. The van der Waals surface area contributed by atoms with E-state index >= 15 is 0 Å². The van der Waals surface area contributed by atoms with Crippen LogP contribution in [0.3, 0.4) is 0 Å². The van der Waals surface area contributed by atoms with Crippen LogP contribution in [-0.4, -0.2) is 12.6 Å². The Labute approximate surface area is 104 Å². The first kappa shape index (κ1) is 12.7. The van der Waals surface area contributed by atoms with Crippen molar-refractivity contribution in [1.82, 2.24) is 0 Å². The topological polar surface area (TPSA) is 26.3 Å². The molecule has 0 spiro atoms. The van der Waals surface area contributed by atoms with Crippen molar-refractivity contribution in [3.63, 3.8) is 0 Å². The summed E-state index contributed by atoms with van der Waals surface area (Å²) >= 11 is 3.15. The van der Waals surface area contributed by atoms with Gasteiger partial charge in [0.15, 0.2) is 0 Å². The smallest absolute Gasteiger partial charge is 0.345 e. The third-order valence-electron chi connectivity index (χ3n) is 1.80. The second-order valence-electron chi connectivity index (χ2n) is 3.00. The lowest BCUT2D eigenvalue weighted by molar-refractivity contribution is -0.137. The van der Waals surface area contributed by atoms with Crippen LogP contribution in [-0.2, 0) is 9.53 Å². The Morgan fingerprint density at radius 1 is 1.38 bits per heavy atom. The van der Waals surface area contributed by atoms with E-state index in [1.54, 1.807) is 19.1 Å². The zero-order valence-corrected chi connectivity index (χ0v) is 10.6. The number of carbonyl (C=O) groups is 1. The van der Waals surface area contributed by atoms with Crippen LogP contribution in [0.1, 0.15) is 12.5 Å². The summed E-state index contributed by atoms with van der Waals surface area (Å²) in [6, 6.07) is 9.86. The van der Waals surface area contributed by atoms with E-state index in [0.29, 0.717) is 11.1 Å². The standard InChI is InChI=1S/C13H13BrO2/c1-2-16-13(15)12(14)10-6-9-11-7-4-3-5-8-11/h3-10H,2H2,1H3/b9-6+,12-10+. The van der Waals surface area contributed by atoms with Crippen LogP contribution in [0.15, 0.2) is 47.0 Å². The van der Waals surface area contributed by atoms with Crippen LogP contribution in [0.5, 0.6) is 0 Å². The van der Waals surface area contributed by atoms with Gasteiger partial charge in [0, 0.05) is 0 Å². The Hall–Kier alpha value is -1.35. The van der Waals surface area contributed by atoms with Crippen molar-refractivity contribution in [2.75, 3.05) is 6.61 Å². The summed E-state index contributed by atoms with van der Waals surface area (Å²) in [5.41, 5.74) is 1.09. The van der Waals surface area contributed by atoms with Gasteiger partial charge in [-0.3, -0.25) is 0 Å². The first-order valence-electron chi connectivity index (χ1n) is 5.00. The van der Waals surface area contributed by atoms with E-state index in [-0.39, 0.29) is 5.97 Å². The summed E-state index contributed by atoms with van der Waals surface area (Å²) in [5, 5.41) is 0. The van der Waals surface area contributed by atoms with Crippen LogP contribution in [0.2, 0.25) is 0 Å². The maximum absolute atomic E-state index is 11.2. The van der Waals surface area contributed by atoms with Crippen molar-refractivity contribution < 1.29 is 9.53 Å². The van der Waals surface area contributed by atoms with Crippen molar-refractivity contribution in [3.05, 3.63) is 52.5 Å². The average molecular weight is 281 g/mol. The fourth-order valence-electron chi connectivity index (χ4n) is 1.08. The highest BCUT2D eigenvalue weighted by Crippen LogP contribution is 2.08. The largest absolute Gasteiger partial charge is 0.462 e.